The summed E-state index contributed by atoms with van der Waals surface area (Å²) in [4.78, 5) is 26.3. The first kappa shape index (κ1) is 18.2. The number of amides is 2. The van der Waals surface area contributed by atoms with Crippen LogP contribution in [0.4, 0.5) is 0 Å². The van der Waals surface area contributed by atoms with Crippen molar-refractivity contribution >= 4 is 11.8 Å². The van der Waals surface area contributed by atoms with E-state index in [1.54, 1.807) is 0 Å². The number of hydrogen-bond acceptors (Lipinski definition) is 2. The van der Waals surface area contributed by atoms with Gasteiger partial charge in [-0.2, -0.15) is 0 Å². The third kappa shape index (κ3) is 4.51. The highest BCUT2D eigenvalue weighted by Gasteiger charge is 2.29. The molecular formula is C22H26N2O2. The first-order chi connectivity index (χ1) is 12.7. The maximum atomic E-state index is 12.5. The molecule has 1 fully saturated rings. The van der Waals surface area contributed by atoms with Crippen molar-refractivity contribution < 1.29 is 9.59 Å². The molecule has 3 rings (SSSR count). The summed E-state index contributed by atoms with van der Waals surface area (Å²) in [5, 5.41) is 3.05. The van der Waals surface area contributed by atoms with Gasteiger partial charge in [0.1, 0.15) is 0 Å². The van der Waals surface area contributed by atoms with Crippen LogP contribution in [0.2, 0.25) is 0 Å². The summed E-state index contributed by atoms with van der Waals surface area (Å²) in [5.41, 5.74) is 3.40. The maximum absolute atomic E-state index is 12.5. The van der Waals surface area contributed by atoms with E-state index in [4.69, 9.17) is 0 Å². The van der Waals surface area contributed by atoms with Gasteiger partial charge in [-0.05, 0) is 35.6 Å². The van der Waals surface area contributed by atoms with Crippen LogP contribution in [0.15, 0.2) is 54.6 Å². The van der Waals surface area contributed by atoms with Crippen molar-refractivity contribution in [2.75, 3.05) is 13.1 Å². The predicted octanol–water partition coefficient (Wildman–Crippen LogP) is 3.62. The Morgan fingerprint density at radius 3 is 2.65 bits per heavy atom. The van der Waals surface area contributed by atoms with Crippen molar-refractivity contribution in [1.29, 1.82) is 0 Å². The number of nitrogens with zero attached hydrogens (tertiary/aromatic N) is 1. The second kappa shape index (κ2) is 8.65. The van der Waals surface area contributed by atoms with Crippen molar-refractivity contribution in [2.45, 2.75) is 32.7 Å². The van der Waals surface area contributed by atoms with E-state index in [-0.39, 0.29) is 17.7 Å². The zero-order chi connectivity index (χ0) is 18.4. The Bertz CT molecular complexity index is 758. The Morgan fingerprint density at radius 2 is 1.88 bits per heavy atom. The first-order valence-electron chi connectivity index (χ1n) is 9.37. The van der Waals surface area contributed by atoms with Crippen LogP contribution >= 0.6 is 0 Å². The topological polar surface area (TPSA) is 49.4 Å². The maximum Gasteiger partial charge on any atom is 0.225 e. The van der Waals surface area contributed by atoms with Gasteiger partial charge in [0.2, 0.25) is 11.8 Å². The first-order valence-corrected chi connectivity index (χ1v) is 9.37. The third-order valence-corrected chi connectivity index (χ3v) is 4.87. The van der Waals surface area contributed by atoms with Crippen molar-refractivity contribution in [2.24, 2.45) is 5.92 Å². The van der Waals surface area contributed by atoms with Gasteiger partial charge in [-0.25, -0.2) is 0 Å². The Morgan fingerprint density at radius 1 is 1.12 bits per heavy atom. The molecular weight excluding hydrogens is 324 g/mol. The van der Waals surface area contributed by atoms with E-state index in [9.17, 15) is 9.59 Å². The number of piperidine rings is 1. The Hall–Kier alpha value is -2.62. The van der Waals surface area contributed by atoms with Gasteiger partial charge in [-0.3, -0.25) is 9.59 Å². The van der Waals surface area contributed by atoms with Crippen molar-refractivity contribution in [1.82, 2.24) is 10.2 Å². The van der Waals surface area contributed by atoms with Gasteiger partial charge in [0.05, 0.1) is 5.92 Å². The van der Waals surface area contributed by atoms with E-state index in [0.29, 0.717) is 25.9 Å². The molecule has 1 aliphatic heterocycles. The molecule has 1 atom stereocenters. The second-order valence-corrected chi connectivity index (χ2v) is 6.86. The number of carbonyl (C=O) groups excluding carboxylic acids is 2. The fourth-order valence-electron chi connectivity index (χ4n) is 3.44. The van der Waals surface area contributed by atoms with E-state index in [0.717, 1.165) is 24.1 Å². The molecule has 0 spiro atoms. The van der Waals surface area contributed by atoms with Crippen molar-refractivity contribution in [3.8, 4) is 11.1 Å². The Labute approximate surface area is 155 Å². The summed E-state index contributed by atoms with van der Waals surface area (Å²) in [6.07, 6.45) is 2.04. The van der Waals surface area contributed by atoms with Crippen LogP contribution in [0.25, 0.3) is 11.1 Å². The fourth-order valence-corrected chi connectivity index (χ4v) is 3.44. The van der Waals surface area contributed by atoms with E-state index in [2.05, 4.69) is 36.5 Å². The van der Waals surface area contributed by atoms with Crippen LogP contribution in [0.1, 0.15) is 31.7 Å². The number of likely N-dealkylation sites (tertiary alicyclic amines) is 1. The zero-order valence-electron chi connectivity index (χ0n) is 15.3. The Kier molecular flexibility index (Phi) is 6.05. The van der Waals surface area contributed by atoms with Crippen LogP contribution in [0.3, 0.4) is 0 Å². The van der Waals surface area contributed by atoms with Gasteiger partial charge >= 0.3 is 0 Å². The van der Waals surface area contributed by atoms with Crippen molar-refractivity contribution in [3.63, 3.8) is 0 Å². The average Bonchev–Trinajstić information content (AvgIpc) is 2.69. The van der Waals surface area contributed by atoms with Crippen LogP contribution < -0.4 is 5.32 Å². The minimum Gasteiger partial charge on any atom is -0.352 e. The normalized spacial score (nSPS) is 17.2. The molecule has 2 aromatic carbocycles. The molecule has 0 radical (unpaired) electrons. The summed E-state index contributed by atoms with van der Waals surface area (Å²) in [5.74, 6) is 0.117. The highest BCUT2D eigenvalue weighted by Crippen LogP contribution is 2.21. The molecule has 0 saturated carbocycles. The highest BCUT2D eigenvalue weighted by atomic mass is 16.2. The molecule has 4 nitrogen and oxygen atoms in total. The second-order valence-electron chi connectivity index (χ2n) is 6.86. The fraction of sp³-hybridized carbons (Fsp3) is 0.364. The molecule has 2 amide bonds. The number of carbonyl (C=O) groups is 2. The van der Waals surface area contributed by atoms with Gasteiger partial charge in [-0.1, -0.05) is 55.5 Å². The van der Waals surface area contributed by atoms with Crippen LogP contribution in [-0.2, 0) is 16.1 Å². The summed E-state index contributed by atoms with van der Waals surface area (Å²) in [6.45, 7) is 3.85. The summed E-state index contributed by atoms with van der Waals surface area (Å²) < 4.78 is 0. The molecule has 4 heteroatoms. The monoisotopic (exact) mass is 350 g/mol. The molecule has 0 bridgehead atoms. The molecule has 26 heavy (non-hydrogen) atoms. The number of rotatable bonds is 6. The van der Waals surface area contributed by atoms with Gasteiger partial charge in [0, 0.05) is 26.1 Å². The van der Waals surface area contributed by atoms with Gasteiger partial charge in [0.25, 0.3) is 0 Å². The van der Waals surface area contributed by atoms with Gasteiger partial charge < -0.3 is 10.2 Å². The van der Waals surface area contributed by atoms with E-state index in [1.807, 2.05) is 35.2 Å². The molecule has 1 heterocycles. The zero-order valence-corrected chi connectivity index (χ0v) is 15.3. The predicted molar refractivity (Wildman–Crippen MR) is 103 cm³/mol. The smallest absolute Gasteiger partial charge is 0.225 e. The minimum absolute atomic E-state index is 0.0451. The minimum atomic E-state index is -0.100. The lowest BCUT2D eigenvalue weighted by Gasteiger charge is -2.31. The quantitative estimate of drug-likeness (QED) is 0.865. The lowest BCUT2D eigenvalue weighted by Crippen LogP contribution is -2.45. The molecule has 0 aliphatic carbocycles. The lowest BCUT2D eigenvalue weighted by molar-refractivity contribution is -0.138. The summed E-state index contributed by atoms with van der Waals surface area (Å²) in [6, 6.07) is 18.5. The highest BCUT2D eigenvalue weighted by molar-refractivity contribution is 5.83. The standard InChI is InChI=1S/C22H26N2O2/c1-2-13-24-16-20(11-12-21(24)25)22(26)23-15-17-7-6-10-19(14-17)18-8-4-3-5-9-18/h3-10,14,20H,2,11-13,15-16H2,1H3,(H,23,26)/t20-/m0/s1. The SMILES string of the molecule is CCCN1C[C@@H](C(=O)NCc2cccc(-c3ccccc3)c2)CCC1=O. The lowest BCUT2D eigenvalue weighted by atomic mass is 9.96. The summed E-state index contributed by atoms with van der Waals surface area (Å²) >= 11 is 0. The third-order valence-electron chi connectivity index (χ3n) is 4.87. The van der Waals surface area contributed by atoms with Crippen LogP contribution in [0.5, 0.6) is 0 Å². The summed E-state index contributed by atoms with van der Waals surface area (Å²) in [7, 11) is 0. The van der Waals surface area contributed by atoms with E-state index >= 15 is 0 Å². The van der Waals surface area contributed by atoms with Gasteiger partial charge in [-0.15, -0.1) is 0 Å². The van der Waals surface area contributed by atoms with Crippen LogP contribution in [0, 0.1) is 5.92 Å². The molecule has 2 aromatic rings. The Balaban J connectivity index is 1.59. The molecule has 1 N–H and O–H groups in total. The number of benzene rings is 2. The van der Waals surface area contributed by atoms with E-state index < -0.39 is 0 Å². The molecule has 0 aromatic heterocycles. The van der Waals surface area contributed by atoms with Gasteiger partial charge in [0.15, 0.2) is 0 Å². The molecule has 0 unspecified atom stereocenters. The van der Waals surface area contributed by atoms with E-state index in [1.165, 1.54) is 5.56 Å². The average molecular weight is 350 g/mol. The molecule has 1 saturated heterocycles. The van der Waals surface area contributed by atoms with Crippen LogP contribution in [-0.4, -0.2) is 29.8 Å². The number of hydrogen-bond donors (Lipinski definition) is 1. The molecule has 1 aliphatic rings. The number of nitrogens with one attached hydrogen (secondary N) is 1. The van der Waals surface area contributed by atoms with Crippen molar-refractivity contribution in [3.05, 3.63) is 60.2 Å². The molecule has 136 valence electrons. The largest absolute Gasteiger partial charge is 0.352 e.